The van der Waals surface area contributed by atoms with Gasteiger partial charge in [-0.15, -0.1) is 0 Å². The number of rotatable bonds is 8. The van der Waals surface area contributed by atoms with Gasteiger partial charge in [-0.1, -0.05) is 18.2 Å². The van der Waals surface area contributed by atoms with E-state index in [1.165, 1.54) is 17.8 Å². The van der Waals surface area contributed by atoms with Gasteiger partial charge in [0.2, 0.25) is 0 Å². The maximum absolute atomic E-state index is 11.2. The molecule has 3 rings (SSSR count). The van der Waals surface area contributed by atoms with E-state index in [2.05, 4.69) is 27.3 Å². The van der Waals surface area contributed by atoms with Crippen molar-refractivity contribution in [3.8, 4) is 11.5 Å². The van der Waals surface area contributed by atoms with Crippen LogP contribution in [0.2, 0.25) is 0 Å². The van der Waals surface area contributed by atoms with Gasteiger partial charge in [-0.25, -0.2) is 0 Å². The van der Waals surface area contributed by atoms with E-state index in [4.69, 9.17) is 10.5 Å². The maximum Gasteiger partial charge on any atom is 0.379 e. The number of nitrogens with two attached hydrogens (primary N) is 1. The minimum Gasteiger partial charge on any atom is -0.457 e. The lowest BCUT2D eigenvalue weighted by Crippen LogP contribution is -2.12. The SMILES string of the molecule is C=Nc1cc(Oc2ccnc(C(N)=O)c2)ccc1NCNc1ccccc1C.FC(F)F. The second-order valence-electron chi connectivity index (χ2n) is 6.27. The van der Waals surface area contributed by atoms with Crippen LogP contribution in [0.25, 0.3) is 0 Å². The number of primary amides is 1. The number of ether oxygens (including phenoxy) is 1. The molecule has 0 aliphatic carbocycles. The van der Waals surface area contributed by atoms with Crippen LogP contribution < -0.4 is 21.1 Å². The van der Waals surface area contributed by atoms with E-state index in [1.807, 2.05) is 37.3 Å². The van der Waals surface area contributed by atoms with Gasteiger partial charge in [0.1, 0.15) is 17.2 Å². The summed E-state index contributed by atoms with van der Waals surface area (Å²) in [7, 11) is 0. The number of aryl methyl sites for hydroxylation is 1. The van der Waals surface area contributed by atoms with Crippen LogP contribution in [0.1, 0.15) is 16.1 Å². The summed E-state index contributed by atoms with van der Waals surface area (Å²) in [5, 5.41) is 6.61. The van der Waals surface area contributed by atoms with Crippen LogP contribution >= 0.6 is 0 Å². The number of carbonyl (C=O) groups is 1. The Balaban J connectivity index is 0.000000837. The van der Waals surface area contributed by atoms with Gasteiger partial charge in [-0.05, 0) is 43.5 Å². The van der Waals surface area contributed by atoms with Crippen molar-refractivity contribution in [3.05, 3.63) is 72.1 Å². The normalized spacial score (nSPS) is 10.0. The van der Waals surface area contributed by atoms with Crippen LogP contribution in [-0.4, -0.2) is 31.0 Å². The molecule has 0 fully saturated rings. The number of anilines is 2. The molecule has 0 saturated heterocycles. The molecule has 0 radical (unpaired) electrons. The highest BCUT2D eigenvalue weighted by Crippen LogP contribution is 2.32. The smallest absolute Gasteiger partial charge is 0.379 e. The van der Waals surface area contributed by atoms with E-state index in [0.29, 0.717) is 23.9 Å². The quantitative estimate of drug-likeness (QED) is 0.324. The van der Waals surface area contributed by atoms with E-state index in [-0.39, 0.29) is 5.69 Å². The van der Waals surface area contributed by atoms with E-state index in [0.717, 1.165) is 11.4 Å². The number of amides is 1. The lowest BCUT2D eigenvalue weighted by atomic mass is 10.2. The van der Waals surface area contributed by atoms with Crippen molar-refractivity contribution in [2.45, 2.75) is 13.6 Å². The molecule has 1 amide bonds. The third-order valence-corrected chi connectivity index (χ3v) is 4.06. The number of carbonyl (C=O) groups excluding carboxylic acids is 1. The zero-order valence-electron chi connectivity index (χ0n) is 17.2. The zero-order chi connectivity index (χ0) is 23.5. The maximum atomic E-state index is 11.2. The van der Waals surface area contributed by atoms with Crippen LogP contribution in [0, 0.1) is 6.92 Å². The van der Waals surface area contributed by atoms with Gasteiger partial charge in [-0.2, -0.15) is 13.2 Å². The third-order valence-electron chi connectivity index (χ3n) is 4.06. The Morgan fingerprint density at radius 1 is 1.09 bits per heavy atom. The number of nitrogens with zero attached hydrogens (tertiary/aromatic N) is 2. The Morgan fingerprint density at radius 3 is 2.41 bits per heavy atom. The third kappa shape index (κ3) is 7.63. The summed E-state index contributed by atoms with van der Waals surface area (Å²) in [6.45, 7) is 2.53. The van der Waals surface area contributed by atoms with Gasteiger partial charge in [0.05, 0.1) is 18.0 Å². The van der Waals surface area contributed by atoms with E-state index >= 15 is 0 Å². The van der Waals surface area contributed by atoms with Crippen molar-refractivity contribution in [2.75, 3.05) is 17.3 Å². The molecule has 0 aliphatic heterocycles. The summed E-state index contributed by atoms with van der Waals surface area (Å²) in [5.41, 5.74) is 9.08. The lowest BCUT2D eigenvalue weighted by molar-refractivity contribution is 0.00818. The van der Waals surface area contributed by atoms with Crippen molar-refractivity contribution >= 4 is 29.7 Å². The average molecular weight is 445 g/mol. The van der Waals surface area contributed by atoms with Crippen molar-refractivity contribution in [1.82, 2.24) is 4.98 Å². The number of aliphatic imine (C=N–C) groups is 1. The number of benzene rings is 2. The van der Waals surface area contributed by atoms with Gasteiger partial charge >= 0.3 is 6.68 Å². The number of pyridine rings is 1. The van der Waals surface area contributed by atoms with Crippen molar-refractivity contribution in [1.29, 1.82) is 0 Å². The molecule has 0 bridgehead atoms. The molecule has 1 aromatic heterocycles. The zero-order valence-corrected chi connectivity index (χ0v) is 17.2. The van der Waals surface area contributed by atoms with Crippen LogP contribution in [-0.2, 0) is 0 Å². The van der Waals surface area contributed by atoms with Crippen molar-refractivity contribution < 1.29 is 22.7 Å². The number of para-hydroxylation sites is 1. The number of hydrogen-bond acceptors (Lipinski definition) is 6. The molecular formula is C22H22F3N5O2. The molecule has 0 spiro atoms. The Kier molecular flexibility index (Phi) is 9.03. The Hall–Kier alpha value is -4.08. The number of hydrogen-bond donors (Lipinski definition) is 3. The Labute approximate surface area is 183 Å². The molecule has 168 valence electrons. The van der Waals surface area contributed by atoms with Gasteiger partial charge in [-0.3, -0.25) is 14.8 Å². The number of halogens is 3. The van der Waals surface area contributed by atoms with E-state index in [1.54, 1.807) is 18.2 Å². The molecule has 10 heteroatoms. The molecular weight excluding hydrogens is 423 g/mol. The monoisotopic (exact) mass is 445 g/mol. The molecule has 32 heavy (non-hydrogen) atoms. The molecule has 0 atom stereocenters. The van der Waals surface area contributed by atoms with Crippen molar-refractivity contribution in [3.63, 3.8) is 0 Å². The summed E-state index contributed by atoms with van der Waals surface area (Å²) in [5.74, 6) is 0.404. The van der Waals surface area contributed by atoms with E-state index in [9.17, 15) is 18.0 Å². The number of alkyl halides is 3. The van der Waals surface area contributed by atoms with Crippen LogP contribution in [0.4, 0.5) is 30.2 Å². The first-order valence-corrected chi connectivity index (χ1v) is 9.30. The molecule has 7 nitrogen and oxygen atoms in total. The number of nitrogens with one attached hydrogen (secondary N) is 2. The second-order valence-corrected chi connectivity index (χ2v) is 6.27. The molecule has 4 N–H and O–H groups in total. The fourth-order valence-electron chi connectivity index (χ4n) is 2.61. The molecule has 2 aromatic carbocycles. The summed E-state index contributed by atoms with van der Waals surface area (Å²) in [6, 6.07) is 16.6. The summed E-state index contributed by atoms with van der Waals surface area (Å²) >= 11 is 0. The van der Waals surface area contributed by atoms with E-state index < -0.39 is 12.6 Å². The topological polar surface area (TPSA) is 102 Å². The Morgan fingerprint density at radius 2 is 1.75 bits per heavy atom. The fraction of sp³-hybridized carbons (Fsp3) is 0.136. The highest BCUT2D eigenvalue weighted by Gasteiger charge is 2.07. The average Bonchev–Trinajstić information content (AvgIpc) is 2.75. The lowest BCUT2D eigenvalue weighted by Gasteiger charge is -2.14. The highest BCUT2D eigenvalue weighted by molar-refractivity contribution is 5.91. The first-order chi connectivity index (χ1) is 15.3. The number of aromatic nitrogens is 1. The van der Waals surface area contributed by atoms with Gasteiger partial charge in [0.25, 0.3) is 5.91 Å². The van der Waals surface area contributed by atoms with Crippen LogP contribution in [0.5, 0.6) is 11.5 Å². The standard InChI is InChI=1S/C21H21N5O2.CHF3/c1-14-5-3-4-6-17(14)25-13-26-18-8-7-15(11-19(18)23-2)28-16-9-10-24-20(12-16)21(22)27;2-1(3)4/h3-12,25-26H,2,13H2,1H3,(H2,22,27);1H. The Bertz CT molecular complexity index is 1060. The minimum absolute atomic E-state index is 0.139. The largest absolute Gasteiger partial charge is 0.457 e. The fourth-order valence-corrected chi connectivity index (χ4v) is 2.61. The highest BCUT2D eigenvalue weighted by atomic mass is 19.4. The second kappa shape index (κ2) is 11.9. The predicted octanol–water partition coefficient (Wildman–Crippen LogP) is 5.27. The first-order valence-electron chi connectivity index (χ1n) is 9.30. The minimum atomic E-state index is -3.67. The van der Waals surface area contributed by atoms with Gasteiger partial charge < -0.3 is 21.1 Å². The van der Waals surface area contributed by atoms with Gasteiger partial charge in [0, 0.05) is 24.0 Å². The molecule has 1 heterocycles. The predicted molar refractivity (Wildman–Crippen MR) is 119 cm³/mol. The van der Waals surface area contributed by atoms with Crippen LogP contribution in [0.15, 0.2) is 65.8 Å². The summed E-state index contributed by atoms with van der Waals surface area (Å²) in [6.07, 6.45) is 1.47. The first kappa shape index (κ1) is 24.2. The molecule has 3 aromatic rings. The summed E-state index contributed by atoms with van der Waals surface area (Å²) in [4.78, 5) is 19.2. The summed E-state index contributed by atoms with van der Waals surface area (Å²) < 4.78 is 34.8. The van der Waals surface area contributed by atoms with Crippen molar-refractivity contribution in [2.24, 2.45) is 10.7 Å². The van der Waals surface area contributed by atoms with Gasteiger partial charge in [0.15, 0.2) is 0 Å². The molecule has 0 saturated carbocycles. The van der Waals surface area contributed by atoms with Crippen LogP contribution in [0.3, 0.4) is 0 Å². The molecule has 0 unspecified atom stereocenters. The molecule has 0 aliphatic rings.